The van der Waals surface area contributed by atoms with E-state index in [0.717, 1.165) is 40.4 Å². The van der Waals surface area contributed by atoms with Gasteiger partial charge in [0.1, 0.15) is 18.4 Å². The number of hydrogen-bond donors (Lipinski definition) is 1. The third kappa shape index (κ3) is 7.48. The molecule has 0 bridgehead atoms. The zero-order valence-electron chi connectivity index (χ0n) is 23.5. The van der Waals surface area contributed by atoms with Gasteiger partial charge < -0.3 is 10.2 Å². The van der Waals surface area contributed by atoms with E-state index in [0.29, 0.717) is 5.69 Å². The van der Waals surface area contributed by atoms with E-state index < -0.39 is 34.3 Å². The van der Waals surface area contributed by atoms with Crippen molar-refractivity contribution in [3.05, 3.63) is 89.7 Å². The molecule has 7 nitrogen and oxygen atoms in total. The summed E-state index contributed by atoms with van der Waals surface area (Å²) in [6.45, 7) is 2.73. The van der Waals surface area contributed by atoms with Crippen LogP contribution in [-0.4, -0.2) is 50.0 Å². The molecule has 3 aromatic carbocycles. The van der Waals surface area contributed by atoms with E-state index in [2.05, 4.69) is 5.32 Å². The van der Waals surface area contributed by atoms with E-state index in [9.17, 15) is 22.4 Å². The Balaban J connectivity index is 1.69. The Hall–Kier alpha value is -3.37. The van der Waals surface area contributed by atoms with E-state index >= 15 is 0 Å². The molecule has 1 aliphatic rings. The summed E-state index contributed by atoms with van der Waals surface area (Å²) in [4.78, 5) is 29.4. The average molecular weight is 598 g/mol. The maximum Gasteiger partial charge on any atom is 0.264 e. The molecular weight excluding hydrogens is 561 g/mol. The number of rotatable bonds is 11. The Morgan fingerprint density at radius 2 is 1.63 bits per heavy atom. The van der Waals surface area contributed by atoms with Gasteiger partial charge in [-0.3, -0.25) is 13.9 Å². The molecule has 0 unspecified atom stereocenters. The van der Waals surface area contributed by atoms with Crippen LogP contribution in [0.2, 0.25) is 0 Å². The van der Waals surface area contributed by atoms with Gasteiger partial charge in [-0.25, -0.2) is 12.8 Å². The first-order valence-electron chi connectivity index (χ1n) is 13.7. The molecule has 1 fully saturated rings. The second-order valence-electron chi connectivity index (χ2n) is 10.3. The molecule has 218 valence electrons. The molecule has 1 N–H and O–H groups in total. The van der Waals surface area contributed by atoms with Crippen LogP contribution in [-0.2, 0) is 26.2 Å². The lowest BCUT2D eigenvalue weighted by molar-refractivity contribution is -0.139. The largest absolute Gasteiger partial charge is 0.352 e. The quantitative estimate of drug-likeness (QED) is 0.294. The van der Waals surface area contributed by atoms with Crippen molar-refractivity contribution in [3.63, 3.8) is 0 Å². The third-order valence-electron chi connectivity index (χ3n) is 7.42. The Morgan fingerprint density at radius 1 is 1.00 bits per heavy atom. The van der Waals surface area contributed by atoms with Gasteiger partial charge in [0.2, 0.25) is 11.8 Å². The first-order chi connectivity index (χ1) is 19.6. The van der Waals surface area contributed by atoms with Crippen LogP contribution in [0.15, 0.2) is 82.6 Å². The number of nitrogens with one attached hydrogen (secondary N) is 1. The van der Waals surface area contributed by atoms with Crippen molar-refractivity contribution >= 4 is 39.3 Å². The number of carbonyl (C=O) groups is 2. The summed E-state index contributed by atoms with van der Waals surface area (Å²) in [5.74, 6) is -1.48. The SMILES string of the molecule is CSc1ccc(S(=O)(=O)N(CC(=O)N(Cc2ccccc2F)[C@H](C)C(=O)NC2CCCC2)c2ccc(C)cc2)cc1. The molecule has 1 aliphatic carbocycles. The maximum atomic E-state index is 14.7. The number of thioether (sulfide) groups is 1. The van der Waals surface area contributed by atoms with Gasteiger partial charge in [0.25, 0.3) is 10.0 Å². The number of amides is 2. The van der Waals surface area contributed by atoms with Gasteiger partial charge in [-0.15, -0.1) is 11.8 Å². The maximum absolute atomic E-state index is 14.7. The summed E-state index contributed by atoms with van der Waals surface area (Å²) in [7, 11) is -4.16. The monoisotopic (exact) mass is 597 g/mol. The van der Waals surface area contributed by atoms with Crippen molar-refractivity contribution < 1.29 is 22.4 Å². The molecule has 0 aliphatic heterocycles. The van der Waals surface area contributed by atoms with Gasteiger partial charge in [0, 0.05) is 23.0 Å². The minimum Gasteiger partial charge on any atom is -0.352 e. The highest BCUT2D eigenvalue weighted by Crippen LogP contribution is 2.27. The fourth-order valence-corrected chi connectivity index (χ4v) is 6.72. The number of sulfonamides is 1. The van der Waals surface area contributed by atoms with Gasteiger partial charge in [-0.2, -0.15) is 0 Å². The summed E-state index contributed by atoms with van der Waals surface area (Å²) < 4.78 is 43.6. The molecule has 0 heterocycles. The minimum absolute atomic E-state index is 0.0315. The molecule has 0 radical (unpaired) electrons. The molecule has 3 aromatic rings. The molecule has 1 atom stereocenters. The zero-order valence-corrected chi connectivity index (χ0v) is 25.2. The van der Waals surface area contributed by atoms with Gasteiger partial charge in [-0.1, -0.05) is 48.7 Å². The number of carbonyl (C=O) groups excluding carboxylic acids is 2. The number of hydrogen-bond acceptors (Lipinski definition) is 5. The molecule has 1 saturated carbocycles. The van der Waals surface area contributed by atoms with Crippen LogP contribution < -0.4 is 9.62 Å². The first-order valence-corrected chi connectivity index (χ1v) is 16.3. The van der Waals surface area contributed by atoms with Crippen molar-refractivity contribution in [1.29, 1.82) is 0 Å². The fourth-order valence-electron chi connectivity index (χ4n) is 4.90. The lowest BCUT2D eigenvalue weighted by Crippen LogP contribution is -2.52. The molecule has 0 saturated heterocycles. The summed E-state index contributed by atoms with van der Waals surface area (Å²) in [6.07, 6.45) is 5.69. The van der Waals surface area contributed by atoms with E-state index in [4.69, 9.17) is 0 Å². The minimum atomic E-state index is -4.16. The summed E-state index contributed by atoms with van der Waals surface area (Å²) in [6, 6.07) is 18.4. The lowest BCUT2D eigenvalue weighted by Gasteiger charge is -2.32. The first kappa shape index (κ1) is 30.6. The fraction of sp³-hybridized carbons (Fsp3) is 0.355. The highest BCUT2D eigenvalue weighted by Gasteiger charge is 2.33. The van der Waals surface area contributed by atoms with Gasteiger partial charge in [0.15, 0.2) is 0 Å². The van der Waals surface area contributed by atoms with Crippen LogP contribution in [0.1, 0.15) is 43.7 Å². The standard InChI is InChI=1S/C31H36FN3O4S2/c1-22-12-14-26(15-13-22)35(41(38,39)28-18-16-27(40-3)17-19-28)21-30(36)34(20-24-8-4-7-11-29(24)32)23(2)31(37)33-25-9-5-6-10-25/h4,7-8,11-19,23,25H,5-6,9-10,20-21H2,1-3H3,(H,33,37)/t23-/m1/s1. The second-order valence-corrected chi connectivity index (χ2v) is 13.0. The van der Waals surface area contributed by atoms with E-state index in [1.54, 1.807) is 61.5 Å². The summed E-state index contributed by atoms with van der Waals surface area (Å²) in [5.41, 5.74) is 1.48. The van der Waals surface area contributed by atoms with Crippen molar-refractivity contribution in [2.75, 3.05) is 17.1 Å². The van der Waals surface area contributed by atoms with Crippen LogP contribution in [0.4, 0.5) is 10.1 Å². The molecular formula is C31H36FN3O4S2. The molecule has 0 spiro atoms. The van der Waals surface area contributed by atoms with Gasteiger partial charge in [-0.05, 0) is 75.4 Å². The Bertz CT molecular complexity index is 1460. The smallest absolute Gasteiger partial charge is 0.264 e. The number of anilines is 1. The van der Waals surface area contributed by atoms with E-state index in [-0.39, 0.29) is 29.0 Å². The van der Waals surface area contributed by atoms with Crippen LogP contribution in [0.25, 0.3) is 0 Å². The topological polar surface area (TPSA) is 86.8 Å². The van der Waals surface area contributed by atoms with Gasteiger partial charge in [0.05, 0.1) is 10.6 Å². The second kappa shape index (κ2) is 13.5. The highest BCUT2D eigenvalue weighted by atomic mass is 32.2. The number of nitrogens with zero attached hydrogens (tertiary/aromatic N) is 2. The zero-order chi connectivity index (χ0) is 29.6. The number of benzene rings is 3. The Labute approximate surface area is 246 Å². The van der Waals surface area contributed by atoms with Crippen molar-refractivity contribution in [3.8, 4) is 0 Å². The van der Waals surface area contributed by atoms with Crippen molar-refractivity contribution in [2.24, 2.45) is 0 Å². The molecule has 10 heteroatoms. The van der Waals surface area contributed by atoms with Gasteiger partial charge >= 0.3 is 0 Å². The van der Waals surface area contributed by atoms with Crippen molar-refractivity contribution in [1.82, 2.24) is 10.2 Å². The Kier molecular flexibility index (Phi) is 10.1. The summed E-state index contributed by atoms with van der Waals surface area (Å²) in [5, 5.41) is 3.01. The van der Waals surface area contributed by atoms with E-state index in [1.807, 2.05) is 13.2 Å². The molecule has 41 heavy (non-hydrogen) atoms. The highest BCUT2D eigenvalue weighted by molar-refractivity contribution is 7.98. The van der Waals surface area contributed by atoms with E-state index in [1.165, 1.54) is 34.9 Å². The average Bonchev–Trinajstić information content (AvgIpc) is 3.48. The van der Waals surface area contributed by atoms with Crippen LogP contribution >= 0.6 is 11.8 Å². The third-order valence-corrected chi connectivity index (χ3v) is 9.95. The summed E-state index contributed by atoms with van der Waals surface area (Å²) >= 11 is 1.49. The van der Waals surface area contributed by atoms with Crippen LogP contribution in [0.5, 0.6) is 0 Å². The normalized spacial score (nSPS) is 14.4. The molecule has 0 aromatic heterocycles. The molecule has 4 rings (SSSR count). The number of halogens is 1. The lowest BCUT2D eigenvalue weighted by atomic mass is 10.1. The molecule has 2 amide bonds. The van der Waals surface area contributed by atoms with Crippen LogP contribution in [0, 0.1) is 12.7 Å². The number of aryl methyl sites for hydroxylation is 1. The predicted molar refractivity (Wildman–Crippen MR) is 161 cm³/mol. The van der Waals surface area contributed by atoms with Crippen LogP contribution in [0.3, 0.4) is 0 Å². The predicted octanol–water partition coefficient (Wildman–Crippen LogP) is 5.53. The Morgan fingerprint density at radius 3 is 2.24 bits per heavy atom. The van der Waals surface area contributed by atoms with Crippen molar-refractivity contribution in [2.45, 2.75) is 68.0 Å².